The molecule has 0 saturated heterocycles. The van der Waals surface area contributed by atoms with Crippen molar-refractivity contribution in [2.45, 2.75) is 64.6 Å². The third-order valence-corrected chi connectivity index (χ3v) is 8.18. The van der Waals surface area contributed by atoms with Crippen LogP contribution in [0, 0.1) is 5.92 Å². The highest BCUT2D eigenvalue weighted by atomic mass is 16.5. The molecule has 0 fully saturated rings. The number of likely N-dealkylation sites (N-methyl/N-ethyl adjacent to an activating group) is 1. The quantitative estimate of drug-likeness (QED) is 0.150. The maximum atomic E-state index is 13.7. The van der Waals surface area contributed by atoms with Crippen LogP contribution in [0.25, 0.3) is 0 Å². The van der Waals surface area contributed by atoms with E-state index in [2.05, 4.69) is 27.4 Å². The molecule has 0 radical (unpaired) electrons. The molecule has 3 amide bonds. The van der Waals surface area contributed by atoms with E-state index in [1.165, 1.54) is 0 Å². The van der Waals surface area contributed by atoms with Crippen molar-refractivity contribution in [3.63, 3.8) is 0 Å². The number of aromatic nitrogens is 1. The van der Waals surface area contributed by atoms with Crippen LogP contribution in [0.4, 0.5) is 17.1 Å². The maximum absolute atomic E-state index is 13.7. The first-order valence-electron chi connectivity index (χ1n) is 15.9. The number of aliphatic hydroxyl groups excluding tert-OH is 1. The lowest BCUT2D eigenvalue weighted by atomic mass is 9.99. The van der Waals surface area contributed by atoms with Crippen LogP contribution in [0.1, 0.15) is 61.9 Å². The number of nitrogens with one attached hydrogen (secondary N) is 2. The lowest BCUT2D eigenvalue weighted by Gasteiger charge is -2.38. The minimum absolute atomic E-state index is 0.00656. The predicted molar refractivity (Wildman–Crippen MR) is 179 cm³/mol. The number of fused-ring (bicyclic) bond motifs is 1. The van der Waals surface area contributed by atoms with Gasteiger partial charge in [-0.3, -0.25) is 24.3 Å². The number of rotatable bonds is 14. The molecule has 0 saturated carbocycles. The van der Waals surface area contributed by atoms with E-state index in [9.17, 15) is 19.5 Å². The van der Waals surface area contributed by atoms with Gasteiger partial charge in [-0.2, -0.15) is 0 Å². The van der Waals surface area contributed by atoms with Gasteiger partial charge in [0.1, 0.15) is 11.9 Å². The number of hydrogen-bond donors (Lipinski definition) is 4. The summed E-state index contributed by atoms with van der Waals surface area (Å²) in [4.78, 5) is 46.7. The second kappa shape index (κ2) is 16.7. The van der Waals surface area contributed by atoms with Crippen molar-refractivity contribution in [3.8, 4) is 5.75 Å². The third kappa shape index (κ3) is 9.76. The van der Waals surface area contributed by atoms with Crippen LogP contribution in [-0.2, 0) is 16.1 Å². The van der Waals surface area contributed by atoms with Gasteiger partial charge in [-0.15, -0.1) is 0 Å². The van der Waals surface area contributed by atoms with E-state index in [1.807, 2.05) is 38.2 Å². The number of carbonyl (C=O) groups is 3. The molecule has 2 aromatic carbocycles. The largest absolute Gasteiger partial charge is 0.488 e. The minimum atomic E-state index is -0.388. The highest BCUT2D eigenvalue weighted by molar-refractivity contribution is 6.00. The molecule has 0 aliphatic carbocycles. The van der Waals surface area contributed by atoms with Gasteiger partial charge in [-0.25, -0.2) is 0 Å². The van der Waals surface area contributed by atoms with E-state index in [0.717, 1.165) is 12.1 Å². The number of ether oxygens (including phenoxy) is 1. The first-order valence-corrected chi connectivity index (χ1v) is 15.9. The zero-order valence-corrected chi connectivity index (χ0v) is 26.9. The first kappa shape index (κ1) is 34.4. The fraction of sp³-hybridized carbons (Fsp3) is 0.429. The van der Waals surface area contributed by atoms with E-state index in [0.29, 0.717) is 67.1 Å². The van der Waals surface area contributed by atoms with Crippen LogP contribution in [0.5, 0.6) is 5.75 Å². The normalized spacial score (nSPS) is 17.0. The number of hydrogen-bond acceptors (Lipinski definition) is 8. The van der Waals surface area contributed by atoms with Crippen molar-refractivity contribution in [1.82, 2.24) is 14.8 Å². The fourth-order valence-electron chi connectivity index (χ4n) is 5.48. The van der Waals surface area contributed by atoms with Crippen LogP contribution in [0.15, 0.2) is 67.0 Å². The number of amides is 3. The second-order valence-corrected chi connectivity index (χ2v) is 12.1. The number of pyridine rings is 1. The molecular formula is C35H46N6O5. The van der Waals surface area contributed by atoms with Crippen molar-refractivity contribution < 1.29 is 24.2 Å². The highest BCUT2D eigenvalue weighted by Crippen LogP contribution is 2.31. The zero-order valence-electron chi connectivity index (χ0n) is 26.9. The smallest absolute Gasteiger partial charge is 0.258 e. The van der Waals surface area contributed by atoms with Crippen LogP contribution < -0.4 is 21.1 Å². The van der Waals surface area contributed by atoms with Crippen LogP contribution >= 0.6 is 0 Å². The number of benzene rings is 2. The molecule has 1 aliphatic heterocycles. The number of para-hydroxylation sites is 2. The fourth-order valence-corrected chi connectivity index (χ4v) is 5.48. The van der Waals surface area contributed by atoms with Gasteiger partial charge in [0.25, 0.3) is 5.91 Å². The summed E-state index contributed by atoms with van der Waals surface area (Å²) < 4.78 is 6.49. The van der Waals surface area contributed by atoms with E-state index < -0.39 is 0 Å². The maximum Gasteiger partial charge on any atom is 0.258 e. The highest BCUT2D eigenvalue weighted by Gasteiger charge is 2.33. The molecule has 246 valence electrons. The average Bonchev–Trinajstić information content (AvgIpc) is 3.04. The summed E-state index contributed by atoms with van der Waals surface area (Å²) in [5.41, 5.74) is 8.98. The van der Waals surface area contributed by atoms with Crippen LogP contribution in [-0.4, -0.2) is 76.5 Å². The van der Waals surface area contributed by atoms with Crippen molar-refractivity contribution in [3.05, 3.63) is 78.1 Å². The standard InChI is InChI=1S/C35H46N6O5/c1-24-20-41(25(2)23-42)35(45)28-19-27(13-14-31(28)46-32(24)22-40(3)21-26-15-17-37-18-16-26)38-33(43)11-5-4-6-12-34(44)39-30-10-8-7-9-29(30)36/h7-10,13-19,24-25,32,42H,4-6,11-12,20-23,36H2,1-3H3,(H,38,43)(H,39,44)/t24-,25+,32+/m0/s1. The molecule has 3 atom stereocenters. The average molecular weight is 631 g/mol. The molecule has 0 spiro atoms. The molecule has 0 unspecified atom stereocenters. The summed E-state index contributed by atoms with van der Waals surface area (Å²) in [6.45, 7) is 5.47. The molecule has 11 nitrogen and oxygen atoms in total. The Kier molecular flexibility index (Phi) is 12.5. The van der Waals surface area contributed by atoms with Crippen molar-refractivity contribution >= 4 is 34.8 Å². The minimum Gasteiger partial charge on any atom is -0.488 e. The number of carbonyl (C=O) groups excluding carboxylic acids is 3. The van der Waals surface area contributed by atoms with Crippen LogP contribution in [0.3, 0.4) is 0 Å². The second-order valence-electron chi connectivity index (χ2n) is 12.1. The summed E-state index contributed by atoms with van der Waals surface area (Å²) >= 11 is 0. The zero-order chi connectivity index (χ0) is 33.1. The molecule has 5 N–H and O–H groups in total. The summed E-state index contributed by atoms with van der Waals surface area (Å²) in [7, 11) is 2.03. The van der Waals surface area contributed by atoms with Crippen molar-refractivity contribution in [2.75, 3.05) is 43.1 Å². The number of aliphatic hydroxyl groups is 1. The van der Waals surface area contributed by atoms with Crippen LogP contribution in [0.2, 0.25) is 0 Å². The SMILES string of the molecule is C[C@H](CO)N1C[C@H](C)[C@@H](CN(C)Cc2ccncc2)Oc2ccc(NC(=O)CCCCCC(=O)Nc3ccccc3N)cc2C1=O. The van der Waals surface area contributed by atoms with Gasteiger partial charge in [0.15, 0.2) is 0 Å². The Morgan fingerprint density at radius 3 is 2.46 bits per heavy atom. The van der Waals surface area contributed by atoms with Gasteiger partial charge in [-0.05, 0) is 74.8 Å². The summed E-state index contributed by atoms with van der Waals surface area (Å²) in [6, 6.07) is 15.8. The Labute approximate surface area is 271 Å². The summed E-state index contributed by atoms with van der Waals surface area (Å²) in [5, 5.41) is 15.7. The molecule has 46 heavy (non-hydrogen) atoms. The van der Waals surface area contributed by atoms with Gasteiger partial charge in [0, 0.05) is 56.5 Å². The summed E-state index contributed by atoms with van der Waals surface area (Å²) in [6.07, 6.45) is 5.92. The van der Waals surface area contributed by atoms with Gasteiger partial charge < -0.3 is 31.1 Å². The number of nitrogens with zero attached hydrogens (tertiary/aromatic N) is 3. The number of nitrogen functional groups attached to an aromatic ring is 1. The number of anilines is 3. The van der Waals surface area contributed by atoms with Gasteiger partial charge in [0.05, 0.1) is 29.6 Å². The Morgan fingerprint density at radius 1 is 1.07 bits per heavy atom. The number of unbranched alkanes of at least 4 members (excludes halogenated alkanes) is 2. The predicted octanol–water partition coefficient (Wildman–Crippen LogP) is 4.54. The van der Waals surface area contributed by atoms with Crippen molar-refractivity contribution in [1.29, 1.82) is 0 Å². The lowest BCUT2D eigenvalue weighted by Crippen LogP contribution is -2.49. The molecular weight excluding hydrogens is 584 g/mol. The van der Waals surface area contributed by atoms with Gasteiger partial charge in [0.2, 0.25) is 11.8 Å². The monoisotopic (exact) mass is 630 g/mol. The Bertz CT molecular complexity index is 1470. The first-order chi connectivity index (χ1) is 22.1. The topological polar surface area (TPSA) is 150 Å². The molecule has 1 aliphatic rings. The molecule has 4 rings (SSSR count). The Morgan fingerprint density at radius 2 is 1.76 bits per heavy atom. The van der Waals surface area contributed by atoms with Gasteiger partial charge in [-0.1, -0.05) is 25.5 Å². The van der Waals surface area contributed by atoms with E-state index in [4.69, 9.17) is 10.5 Å². The van der Waals surface area contributed by atoms with Gasteiger partial charge >= 0.3 is 0 Å². The Hall–Kier alpha value is -4.48. The third-order valence-electron chi connectivity index (χ3n) is 8.18. The number of nitrogens with two attached hydrogens (primary N) is 1. The van der Waals surface area contributed by atoms with E-state index in [1.54, 1.807) is 47.6 Å². The van der Waals surface area contributed by atoms with E-state index >= 15 is 0 Å². The molecule has 1 aromatic heterocycles. The Balaban J connectivity index is 1.35. The van der Waals surface area contributed by atoms with Crippen molar-refractivity contribution in [2.24, 2.45) is 5.92 Å². The molecule has 0 bridgehead atoms. The summed E-state index contributed by atoms with van der Waals surface area (Å²) in [5.74, 6) is -0.101. The molecule has 11 heteroatoms. The van der Waals surface area contributed by atoms with E-state index in [-0.39, 0.29) is 48.8 Å². The molecule has 2 heterocycles. The molecule has 3 aromatic rings. The lowest BCUT2D eigenvalue weighted by molar-refractivity contribution is -0.116.